The van der Waals surface area contributed by atoms with Crippen LogP contribution in [0.5, 0.6) is 0 Å². The normalized spacial score (nSPS) is 10.8. The van der Waals surface area contributed by atoms with Gasteiger partial charge in [0.25, 0.3) is 0 Å². The zero-order valence-corrected chi connectivity index (χ0v) is 9.66. The molecule has 0 aromatic carbocycles. The minimum Gasteiger partial charge on any atom is -0.254 e. The van der Waals surface area contributed by atoms with Gasteiger partial charge in [-0.2, -0.15) is 0 Å². The van der Waals surface area contributed by atoms with Crippen LogP contribution in [0.3, 0.4) is 0 Å². The minimum atomic E-state index is 0.441. The number of hydrogen-bond donors (Lipinski definition) is 0. The Labute approximate surface area is 101 Å². The third-order valence-electron chi connectivity index (χ3n) is 2.15. The summed E-state index contributed by atoms with van der Waals surface area (Å²) in [6.07, 6.45) is 3.44. The molecule has 3 aromatic rings. The van der Waals surface area contributed by atoms with E-state index in [0.29, 0.717) is 5.15 Å². The summed E-state index contributed by atoms with van der Waals surface area (Å²) in [6, 6.07) is 7.66. The summed E-state index contributed by atoms with van der Waals surface area (Å²) >= 11 is 7.54. The third-order valence-corrected chi connectivity index (χ3v) is 3.47. The van der Waals surface area contributed by atoms with E-state index >= 15 is 0 Å². The maximum Gasteiger partial charge on any atom is 0.156 e. The third kappa shape index (κ3) is 1.56. The summed E-state index contributed by atoms with van der Waals surface area (Å²) in [6.45, 7) is 0. The first-order valence-corrected chi connectivity index (χ1v) is 5.86. The van der Waals surface area contributed by atoms with Crippen LogP contribution >= 0.6 is 22.9 Å². The molecule has 3 aromatic heterocycles. The van der Waals surface area contributed by atoms with E-state index in [4.69, 9.17) is 11.6 Å². The van der Waals surface area contributed by atoms with Crippen molar-refractivity contribution < 1.29 is 0 Å². The molecule has 0 saturated heterocycles. The van der Waals surface area contributed by atoms with Gasteiger partial charge in [0.1, 0.15) is 10.5 Å². The topological polar surface area (TPSA) is 38.7 Å². The predicted octanol–water partition coefficient (Wildman–Crippen LogP) is 3.41. The Balaban J connectivity index is 2.23. The molecule has 78 valence electrons. The number of aromatic nitrogens is 3. The van der Waals surface area contributed by atoms with Crippen LogP contribution in [-0.4, -0.2) is 15.0 Å². The molecule has 0 amide bonds. The number of thiazole rings is 1. The average Bonchev–Trinajstić information content (AvgIpc) is 2.76. The quantitative estimate of drug-likeness (QED) is 0.619. The standard InChI is InChI=1S/C11H6ClN3S/c12-10-9-8(4-6-14-10)16-11(15-9)7-3-1-2-5-13-7/h1-6H. The minimum absolute atomic E-state index is 0.441. The van der Waals surface area contributed by atoms with Crippen LogP contribution in [0, 0.1) is 0 Å². The average molecular weight is 248 g/mol. The Bertz CT molecular complexity index is 636. The second-order valence-electron chi connectivity index (χ2n) is 3.18. The Morgan fingerprint density at radius 2 is 2.00 bits per heavy atom. The van der Waals surface area contributed by atoms with Crippen molar-refractivity contribution in [1.82, 2.24) is 15.0 Å². The molecule has 0 bridgehead atoms. The van der Waals surface area contributed by atoms with Crippen molar-refractivity contribution in [2.24, 2.45) is 0 Å². The van der Waals surface area contributed by atoms with Crippen molar-refractivity contribution in [1.29, 1.82) is 0 Å². The molecule has 0 spiro atoms. The van der Waals surface area contributed by atoms with E-state index in [-0.39, 0.29) is 0 Å². The number of fused-ring (bicyclic) bond motifs is 1. The molecular weight excluding hydrogens is 242 g/mol. The fraction of sp³-hybridized carbons (Fsp3) is 0. The van der Waals surface area contributed by atoms with Crippen molar-refractivity contribution in [3.63, 3.8) is 0 Å². The van der Waals surface area contributed by atoms with E-state index in [1.165, 1.54) is 0 Å². The highest BCUT2D eigenvalue weighted by Crippen LogP contribution is 2.31. The van der Waals surface area contributed by atoms with Crippen LogP contribution in [0.15, 0.2) is 36.7 Å². The summed E-state index contributed by atoms with van der Waals surface area (Å²) in [5.74, 6) is 0. The first-order valence-electron chi connectivity index (χ1n) is 4.67. The molecule has 5 heteroatoms. The van der Waals surface area contributed by atoms with Crippen molar-refractivity contribution in [2.45, 2.75) is 0 Å². The van der Waals surface area contributed by atoms with E-state index < -0.39 is 0 Å². The maximum atomic E-state index is 5.97. The van der Waals surface area contributed by atoms with Crippen LogP contribution < -0.4 is 0 Å². The van der Waals surface area contributed by atoms with Crippen LogP contribution in [0.2, 0.25) is 5.15 Å². The van der Waals surface area contributed by atoms with Gasteiger partial charge in [-0.05, 0) is 18.2 Å². The second-order valence-corrected chi connectivity index (χ2v) is 4.57. The van der Waals surface area contributed by atoms with Gasteiger partial charge in [-0.15, -0.1) is 11.3 Å². The van der Waals surface area contributed by atoms with Crippen molar-refractivity contribution >= 4 is 33.2 Å². The summed E-state index contributed by atoms with van der Waals surface area (Å²) in [5.41, 5.74) is 1.61. The fourth-order valence-electron chi connectivity index (χ4n) is 1.42. The number of nitrogens with zero attached hydrogens (tertiary/aromatic N) is 3. The lowest BCUT2D eigenvalue weighted by molar-refractivity contribution is 1.29. The molecule has 0 aliphatic rings. The monoisotopic (exact) mass is 247 g/mol. The Morgan fingerprint density at radius 1 is 1.06 bits per heavy atom. The molecule has 0 aliphatic carbocycles. The molecule has 0 saturated carbocycles. The van der Waals surface area contributed by atoms with Gasteiger partial charge in [0.15, 0.2) is 5.15 Å². The smallest absolute Gasteiger partial charge is 0.156 e. The molecule has 16 heavy (non-hydrogen) atoms. The zero-order chi connectivity index (χ0) is 11.0. The van der Waals surface area contributed by atoms with Gasteiger partial charge in [-0.1, -0.05) is 17.7 Å². The van der Waals surface area contributed by atoms with E-state index in [9.17, 15) is 0 Å². The van der Waals surface area contributed by atoms with Gasteiger partial charge >= 0.3 is 0 Å². The molecule has 3 heterocycles. The van der Waals surface area contributed by atoms with Gasteiger partial charge in [0, 0.05) is 12.4 Å². The van der Waals surface area contributed by atoms with Crippen LogP contribution in [0.4, 0.5) is 0 Å². The summed E-state index contributed by atoms with van der Waals surface area (Å²) in [5, 5.41) is 1.31. The first-order chi connectivity index (χ1) is 7.84. The Morgan fingerprint density at radius 3 is 2.75 bits per heavy atom. The van der Waals surface area contributed by atoms with E-state index in [0.717, 1.165) is 20.9 Å². The molecule has 0 unspecified atom stereocenters. The molecule has 3 rings (SSSR count). The lowest BCUT2D eigenvalue weighted by Crippen LogP contribution is -1.80. The lowest BCUT2D eigenvalue weighted by Gasteiger charge is -1.91. The molecule has 0 fully saturated rings. The van der Waals surface area contributed by atoms with Crippen LogP contribution in [0.1, 0.15) is 0 Å². The van der Waals surface area contributed by atoms with Gasteiger partial charge < -0.3 is 0 Å². The number of rotatable bonds is 1. The van der Waals surface area contributed by atoms with Gasteiger partial charge in [-0.3, -0.25) is 4.98 Å². The fourth-order valence-corrected chi connectivity index (χ4v) is 2.62. The number of pyridine rings is 2. The van der Waals surface area contributed by atoms with E-state index in [2.05, 4.69) is 15.0 Å². The summed E-state index contributed by atoms with van der Waals surface area (Å²) in [7, 11) is 0. The molecule has 0 N–H and O–H groups in total. The van der Waals surface area contributed by atoms with Crippen molar-refractivity contribution in [2.75, 3.05) is 0 Å². The molecule has 0 atom stereocenters. The van der Waals surface area contributed by atoms with Gasteiger partial charge in [-0.25, -0.2) is 9.97 Å². The zero-order valence-electron chi connectivity index (χ0n) is 8.09. The SMILES string of the molecule is Clc1nccc2sc(-c3ccccn3)nc12. The largest absolute Gasteiger partial charge is 0.254 e. The lowest BCUT2D eigenvalue weighted by atomic mass is 10.4. The van der Waals surface area contributed by atoms with Crippen molar-refractivity contribution in [3.05, 3.63) is 41.8 Å². The molecule has 0 radical (unpaired) electrons. The highest BCUT2D eigenvalue weighted by molar-refractivity contribution is 7.21. The number of halogens is 1. The molecular formula is C11H6ClN3S. The van der Waals surface area contributed by atoms with E-state index in [1.807, 2.05) is 24.3 Å². The highest BCUT2D eigenvalue weighted by atomic mass is 35.5. The molecule has 3 nitrogen and oxygen atoms in total. The summed E-state index contributed by atoms with van der Waals surface area (Å²) in [4.78, 5) is 12.7. The van der Waals surface area contributed by atoms with Gasteiger partial charge in [0.05, 0.1) is 10.4 Å². The number of hydrogen-bond acceptors (Lipinski definition) is 4. The molecule has 0 aliphatic heterocycles. The van der Waals surface area contributed by atoms with Gasteiger partial charge in [0.2, 0.25) is 0 Å². The Kier molecular flexibility index (Phi) is 2.31. The second kappa shape index (κ2) is 3.81. The highest BCUT2D eigenvalue weighted by Gasteiger charge is 2.09. The van der Waals surface area contributed by atoms with E-state index in [1.54, 1.807) is 23.7 Å². The van der Waals surface area contributed by atoms with Crippen LogP contribution in [-0.2, 0) is 0 Å². The van der Waals surface area contributed by atoms with Crippen molar-refractivity contribution in [3.8, 4) is 10.7 Å². The maximum absolute atomic E-state index is 5.97. The first kappa shape index (κ1) is 9.69. The predicted molar refractivity (Wildman–Crippen MR) is 65.7 cm³/mol. The summed E-state index contributed by atoms with van der Waals surface area (Å²) < 4.78 is 1.03. The van der Waals surface area contributed by atoms with Crippen LogP contribution in [0.25, 0.3) is 20.9 Å². The Hall–Kier alpha value is -1.52.